The van der Waals surface area contributed by atoms with Crippen molar-refractivity contribution in [3.63, 3.8) is 0 Å². The van der Waals surface area contributed by atoms with Gasteiger partial charge in [-0.15, -0.1) is 0 Å². The largest absolute Gasteiger partial charge is 0.355 e. The lowest BCUT2D eigenvalue weighted by molar-refractivity contribution is 0.101. The molecule has 0 bridgehead atoms. The summed E-state index contributed by atoms with van der Waals surface area (Å²) in [5.74, 6) is 0.0580. The maximum Gasteiger partial charge on any atom is 0.274 e. The normalized spacial score (nSPS) is 10.6. The Hall–Kier alpha value is -3.47. The van der Waals surface area contributed by atoms with Crippen LogP contribution in [0.3, 0.4) is 0 Å². The third kappa shape index (κ3) is 4.62. The number of nitrogens with one attached hydrogen (secondary N) is 2. The van der Waals surface area contributed by atoms with Gasteiger partial charge < -0.3 is 10.6 Å². The highest BCUT2D eigenvalue weighted by Crippen LogP contribution is 2.27. The van der Waals surface area contributed by atoms with Crippen molar-refractivity contribution in [1.29, 1.82) is 0 Å². The molecule has 2 N–H and O–H groups in total. The summed E-state index contributed by atoms with van der Waals surface area (Å²) in [5, 5.41) is 6.18. The molecule has 1 aromatic heterocycles. The summed E-state index contributed by atoms with van der Waals surface area (Å²) < 4.78 is 0. The molecule has 3 aromatic rings. The van der Waals surface area contributed by atoms with Gasteiger partial charge in [0.15, 0.2) is 5.78 Å². The van der Waals surface area contributed by atoms with E-state index in [0.29, 0.717) is 22.9 Å². The molecule has 0 saturated heterocycles. The highest BCUT2D eigenvalue weighted by molar-refractivity contribution is 6.03. The molecule has 142 valence electrons. The van der Waals surface area contributed by atoms with Crippen molar-refractivity contribution in [2.45, 2.75) is 26.7 Å². The van der Waals surface area contributed by atoms with E-state index in [-0.39, 0.29) is 11.7 Å². The molecule has 0 aliphatic heterocycles. The van der Waals surface area contributed by atoms with E-state index >= 15 is 0 Å². The van der Waals surface area contributed by atoms with Gasteiger partial charge in [-0.05, 0) is 60.9 Å². The summed E-state index contributed by atoms with van der Waals surface area (Å²) in [6.45, 7) is 5.79. The number of amides is 1. The number of hydrogen-bond donors (Lipinski definition) is 2. The van der Waals surface area contributed by atoms with E-state index in [1.807, 2.05) is 24.3 Å². The summed E-state index contributed by atoms with van der Waals surface area (Å²) in [6.07, 6.45) is 1.61. The van der Waals surface area contributed by atoms with E-state index in [0.717, 1.165) is 11.4 Å². The van der Waals surface area contributed by atoms with Gasteiger partial charge >= 0.3 is 0 Å². The number of Topliss-reactive ketones (excluding diaryl/α,β-unsaturated/α-hetero) is 1. The monoisotopic (exact) mass is 373 g/mol. The highest BCUT2D eigenvalue weighted by atomic mass is 16.2. The van der Waals surface area contributed by atoms with Gasteiger partial charge in [0.2, 0.25) is 0 Å². The molecule has 5 nitrogen and oxygen atoms in total. The van der Waals surface area contributed by atoms with Crippen LogP contribution >= 0.6 is 0 Å². The number of hydrogen-bond acceptors (Lipinski definition) is 4. The number of para-hydroxylation sites is 1. The Labute approximate surface area is 164 Å². The second kappa shape index (κ2) is 8.48. The lowest BCUT2D eigenvalue weighted by atomic mass is 10.0. The molecule has 1 amide bonds. The maximum absolute atomic E-state index is 12.5. The summed E-state index contributed by atoms with van der Waals surface area (Å²) in [6, 6.07) is 18.4. The first kappa shape index (κ1) is 19.3. The van der Waals surface area contributed by atoms with Gasteiger partial charge in [-0.2, -0.15) is 0 Å². The van der Waals surface area contributed by atoms with Gasteiger partial charge in [0.05, 0.1) is 0 Å². The predicted molar refractivity (Wildman–Crippen MR) is 112 cm³/mol. The molecule has 1 heterocycles. The molecular formula is C23H23N3O2. The molecule has 0 radical (unpaired) electrons. The number of benzene rings is 2. The first-order valence-corrected chi connectivity index (χ1v) is 9.18. The number of nitrogens with zero attached hydrogens (tertiary/aromatic N) is 1. The topological polar surface area (TPSA) is 71.1 Å². The molecule has 0 unspecified atom stereocenters. The molecule has 0 saturated carbocycles. The zero-order valence-corrected chi connectivity index (χ0v) is 16.2. The number of ketones is 1. The fraction of sp³-hybridized carbons (Fsp3) is 0.174. The Morgan fingerprint density at radius 1 is 0.929 bits per heavy atom. The SMILES string of the molecule is CC(=O)c1ccc(NC(=O)c2cc(Nc3ccccc3C(C)C)ccn2)cc1. The predicted octanol–water partition coefficient (Wildman–Crippen LogP) is 5.40. The highest BCUT2D eigenvalue weighted by Gasteiger charge is 2.11. The quantitative estimate of drug-likeness (QED) is 0.567. The Bertz CT molecular complexity index is 995. The molecule has 3 rings (SSSR count). The van der Waals surface area contributed by atoms with Crippen LogP contribution in [0.15, 0.2) is 66.9 Å². The van der Waals surface area contributed by atoms with Crippen molar-refractivity contribution in [2.24, 2.45) is 0 Å². The van der Waals surface area contributed by atoms with E-state index in [9.17, 15) is 9.59 Å². The van der Waals surface area contributed by atoms with Gasteiger partial charge in [0, 0.05) is 28.8 Å². The number of anilines is 3. The molecule has 0 atom stereocenters. The van der Waals surface area contributed by atoms with E-state index < -0.39 is 0 Å². The number of rotatable bonds is 6. The summed E-state index contributed by atoms with van der Waals surface area (Å²) in [7, 11) is 0. The fourth-order valence-electron chi connectivity index (χ4n) is 2.89. The van der Waals surface area contributed by atoms with Gasteiger partial charge in [0.1, 0.15) is 5.69 Å². The number of carbonyl (C=O) groups is 2. The van der Waals surface area contributed by atoms with Gasteiger partial charge in [-0.3, -0.25) is 14.6 Å². The lowest BCUT2D eigenvalue weighted by Gasteiger charge is -2.15. The summed E-state index contributed by atoms with van der Waals surface area (Å²) >= 11 is 0. The Kier molecular flexibility index (Phi) is 5.84. The number of aromatic nitrogens is 1. The second-order valence-electron chi connectivity index (χ2n) is 6.88. The van der Waals surface area contributed by atoms with Crippen LogP contribution in [-0.4, -0.2) is 16.7 Å². The summed E-state index contributed by atoms with van der Waals surface area (Å²) in [5.41, 5.74) is 4.53. The smallest absolute Gasteiger partial charge is 0.274 e. The maximum atomic E-state index is 12.5. The van der Waals surface area contributed by atoms with Gasteiger partial charge in [-0.1, -0.05) is 32.0 Å². The third-order valence-corrected chi connectivity index (χ3v) is 4.40. The van der Waals surface area contributed by atoms with Crippen LogP contribution in [0, 0.1) is 0 Å². The van der Waals surface area contributed by atoms with Crippen molar-refractivity contribution < 1.29 is 9.59 Å². The minimum absolute atomic E-state index is 0.0139. The van der Waals surface area contributed by atoms with Crippen LogP contribution in [0.25, 0.3) is 0 Å². The van der Waals surface area contributed by atoms with Crippen LogP contribution in [0.5, 0.6) is 0 Å². The van der Waals surface area contributed by atoms with Crippen LogP contribution < -0.4 is 10.6 Å². The molecule has 0 spiro atoms. The van der Waals surface area contributed by atoms with Crippen LogP contribution in [0.1, 0.15) is 53.1 Å². The molecule has 28 heavy (non-hydrogen) atoms. The van der Waals surface area contributed by atoms with Crippen molar-refractivity contribution in [3.8, 4) is 0 Å². The zero-order valence-electron chi connectivity index (χ0n) is 16.2. The van der Waals surface area contributed by atoms with Crippen LogP contribution in [0.4, 0.5) is 17.1 Å². The Morgan fingerprint density at radius 2 is 1.64 bits per heavy atom. The fourth-order valence-corrected chi connectivity index (χ4v) is 2.89. The average molecular weight is 373 g/mol. The summed E-state index contributed by atoms with van der Waals surface area (Å²) in [4.78, 5) is 28.1. The van der Waals surface area contributed by atoms with E-state index in [2.05, 4.69) is 35.5 Å². The molecule has 0 aliphatic carbocycles. The van der Waals surface area contributed by atoms with E-state index in [1.54, 1.807) is 36.5 Å². The lowest BCUT2D eigenvalue weighted by Crippen LogP contribution is -2.14. The number of pyridine rings is 1. The molecule has 5 heteroatoms. The van der Waals surface area contributed by atoms with E-state index in [4.69, 9.17) is 0 Å². The van der Waals surface area contributed by atoms with Crippen LogP contribution in [-0.2, 0) is 0 Å². The third-order valence-electron chi connectivity index (χ3n) is 4.40. The average Bonchev–Trinajstić information content (AvgIpc) is 2.69. The van der Waals surface area contributed by atoms with Crippen molar-refractivity contribution >= 4 is 28.8 Å². The Morgan fingerprint density at radius 3 is 2.32 bits per heavy atom. The van der Waals surface area contributed by atoms with Gasteiger partial charge in [-0.25, -0.2) is 0 Å². The zero-order chi connectivity index (χ0) is 20.1. The molecule has 0 fully saturated rings. The minimum Gasteiger partial charge on any atom is -0.355 e. The van der Waals surface area contributed by atoms with E-state index in [1.165, 1.54) is 12.5 Å². The Balaban J connectivity index is 1.76. The minimum atomic E-state index is -0.309. The first-order chi connectivity index (χ1) is 13.4. The van der Waals surface area contributed by atoms with Crippen molar-refractivity contribution in [3.05, 3.63) is 83.7 Å². The molecule has 2 aromatic carbocycles. The second-order valence-corrected chi connectivity index (χ2v) is 6.88. The first-order valence-electron chi connectivity index (χ1n) is 9.18. The van der Waals surface area contributed by atoms with Gasteiger partial charge in [0.25, 0.3) is 5.91 Å². The number of carbonyl (C=O) groups excluding carboxylic acids is 2. The standard InChI is InChI=1S/C23H23N3O2/c1-15(2)20-6-4-5-7-21(20)25-19-12-13-24-22(14-19)23(28)26-18-10-8-17(9-11-18)16(3)27/h4-15H,1-3H3,(H,24,25)(H,26,28). The van der Waals surface area contributed by atoms with Crippen LogP contribution in [0.2, 0.25) is 0 Å². The van der Waals surface area contributed by atoms with Crippen molar-refractivity contribution in [1.82, 2.24) is 4.98 Å². The molecular weight excluding hydrogens is 350 g/mol. The molecule has 0 aliphatic rings. The van der Waals surface area contributed by atoms with Crippen molar-refractivity contribution in [2.75, 3.05) is 10.6 Å².